The van der Waals surface area contributed by atoms with Gasteiger partial charge in [0.1, 0.15) is 0 Å². The number of aliphatic hydroxyl groups is 1. The number of halogens is 1. The Balaban J connectivity index is 2.06. The van der Waals surface area contributed by atoms with Crippen LogP contribution in [0.2, 0.25) is 5.02 Å². The molecule has 3 nitrogen and oxygen atoms in total. The van der Waals surface area contributed by atoms with E-state index in [4.69, 9.17) is 21.4 Å². The first-order valence-electron chi connectivity index (χ1n) is 5.73. The quantitative estimate of drug-likeness (QED) is 0.840. The first kappa shape index (κ1) is 12.4. The van der Waals surface area contributed by atoms with Crippen LogP contribution in [0.4, 0.5) is 0 Å². The Morgan fingerprint density at radius 2 is 2.35 bits per heavy atom. The van der Waals surface area contributed by atoms with Crippen molar-refractivity contribution in [1.82, 2.24) is 0 Å². The van der Waals surface area contributed by atoms with Gasteiger partial charge in [-0.25, -0.2) is 0 Å². The lowest BCUT2D eigenvalue weighted by Gasteiger charge is -2.05. The molecule has 1 fully saturated rings. The number of rotatable bonds is 4. The lowest BCUT2D eigenvalue weighted by molar-refractivity contribution is -0.144. The molecule has 2 unspecified atom stereocenters. The highest BCUT2D eigenvalue weighted by molar-refractivity contribution is 6.31. The number of carbonyl (C=O) groups is 1. The number of hydrogen-bond acceptors (Lipinski definition) is 3. The zero-order chi connectivity index (χ0) is 12.4. The van der Waals surface area contributed by atoms with Crippen molar-refractivity contribution in [2.75, 3.05) is 6.61 Å². The number of benzene rings is 1. The Morgan fingerprint density at radius 3 is 2.94 bits per heavy atom. The van der Waals surface area contributed by atoms with E-state index in [-0.39, 0.29) is 24.4 Å². The highest BCUT2D eigenvalue weighted by Gasteiger charge is 2.45. The predicted molar refractivity (Wildman–Crippen MR) is 64.9 cm³/mol. The summed E-state index contributed by atoms with van der Waals surface area (Å²) in [5.41, 5.74) is 1.76. The summed E-state index contributed by atoms with van der Waals surface area (Å²) >= 11 is 6.01. The molecule has 1 aromatic carbocycles. The van der Waals surface area contributed by atoms with Gasteiger partial charge in [-0.05, 0) is 36.5 Å². The molecule has 0 amide bonds. The van der Waals surface area contributed by atoms with Crippen molar-refractivity contribution in [2.24, 2.45) is 5.92 Å². The second-order valence-electron chi connectivity index (χ2n) is 4.21. The lowest BCUT2D eigenvalue weighted by atomic mass is 10.1. The van der Waals surface area contributed by atoms with Gasteiger partial charge in [0.2, 0.25) is 0 Å². The molecule has 92 valence electrons. The van der Waals surface area contributed by atoms with Gasteiger partial charge < -0.3 is 9.84 Å². The van der Waals surface area contributed by atoms with Crippen LogP contribution in [0.25, 0.3) is 0 Å². The van der Waals surface area contributed by atoms with Gasteiger partial charge in [-0.3, -0.25) is 4.79 Å². The third kappa shape index (κ3) is 2.61. The number of aliphatic hydroxyl groups excluding tert-OH is 1. The normalized spacial score (nSPS) is 22.3. The summed E-state index contributed by atoms with van der Waals surface area (Å²) in [7, 11) is 0. The molecule has 0 spiro atoms. The zero-order valence-corrected chi connectivity index (χ0v) is 10.4. The van der Waals surface area contributed by atoms with Crippen molar-refractivity contribution in [1.29, 1.82) is 0 Å². The van der Waals surface area contributed by atoms with E-state index in [1.54, 1.807) is 6.07 Å². The highest BCUT2D eigenvalue weighted by atomic mass is 35.5. The standard InChI is InChI=1S/C13H15ClO3/c1-2-17-13(16)11-6-10(11)8-3-4-9(7-15)12(14)5-8/h3-5,10-11,15H,2,6-7H2,1H3. The molecule has 0 bridgehead atoms. The third-order valence-corrected chi connectivity index (χ3v) is 3.41. The smallest absolute Gasteiger partial charge is 0.309 e. The van der Waals surface area contributed by atoms with Crippen LogP contribution in [0.15, 0.2) is 18.2 Å². The van der Waals surface area contributed by atoms with Gasteiger partial charge in [-0.15, -0.1) is 0 Å². The van der Waals surface area contributed by atoms with Crippen molar-refractivity contribution in [3.05, 3.63) is 34.3 Å². The topological polar surface area (TPSA) is 46.5 Å². The van der Waals surface area contributed by atoms with Crippen LogP contribution in [0, 0.1) is 5.92 Å². The molecule has 1 aromatic rings. The summed E-state index contributed by atoms with van der Waals surface area (Å²) in [6.45, 7) is 2.17. The van der Waals surface area contributed by atoms with Crippen molar-refractivity contribution in [2.45, 2.75) is 25.9 Å². The van der Waals surface area contributed by atoms with E-state index in [2.05, 4.69) is 0 Å². The molecule has 0 radical (unpaired) electrons. The Bertz CT molecular complexity index is 431. The average Bonchev–Trinajstić information content (AvgIpc) is 3.09. The maximum Gasteiger partial charge on any atom is 0.309 e. The van der Waals surface area contributed by atoms with Crippen molar-refractivity contribution in [3.63, 3.8) is 0 Å². The van der Waals surface area contributed by atoms with Crippen LogP contribution in [-0.4, -0.2) is 17.7 Å². The van der Waals surface area contributed by atoms with Crippen molar-refractivity contribution in [3.8, 4) is 0 Å². The van der Waals surface area contributed by atoms with Crippen LogP contribution in [0.1, 0.15) is 30.4 Å². The predicted octanol–water partition coefficient (Wildman–Crippen LogP) is 2.50. The van der Waals surface area contributed by atoms with Crippen LogP contribution >= 0.6 is 11.6 Å². The van der Waals surface area contributed by atoms with Gasteiger partial charge >= 0.3 is 5.97 Å². The van der Waals surface area contributed by atoms with Crippen LogP contribution < -0.4 is 0 Å². The average molecular weight is 255 g/mol. The Hall–Kier alpha value is -1.06. The van der Waals surface area contributed by atoms with E-state index in [0.29, 0.717) is 17.2 Å². The minimum Gasteiger partial charge on any atom is -0.466 e. The number of ether oxygens (including phenoxy) is 1. The molecular formula is C13H15ClO3. The minimum atomic E-state index is -0.125. The maximum absolute atomic E-state index is 11.5. The molecule has 0 heterocycles. The Labute approximate surface area is 105 Å². The zero-order valence-electron chi connectivity index (χ0n) is 9.65. The van der Waals surface area contributed by atoms with E-state index in [9.17, 15) is 4.79 Å². The van der Waals surface area contributed by atoms with E-state index in [1.807, 2.05) is 19.1 Å². The van der Waals surface area contributed by atoms with Crippen molar-refractivity contribution >= 4 is 17.6 Å². The molecule has 1 aliphatic rings. The van der Waals surface area contributed by atoms with E-state index in [1.165, 1.54) is 0 Å². The molecule has 17 heavy (non-hydrogen) atoms. The van der Waals surface area contributed by atoms with Gasteiger partial charge in [0.15, 0.2) is 0 Å². The monoisotopic (exact) mass is 254 g/mol. The van der Waals surface area contributed by atoms with Gasteiger partial charge in [0, 0.05) is 5.02 Å². The highest BCUT2D eigenvalue weighted by Crippen LogP contribution is 2.48. The van der Waals surface area contributed by atoms with Gasteiger partial charge in [0.05, 0.1) is 19.1 Å². The molecule has 1 saturated carbocycles. The van der Waals surface area contributed by atoms with Crippen LogP contribution in [0.3, 0.4) is 0 Å². The molecular weight excluding hydrogens is 240 g/mol. The van der Waals surface area contributed by atoms with Crippen molar-refractivity contribution < 1.29 is 14.6 Å². The first-order valence-corrected chi connectivity index (χ1v) is 6.11. The van der Waals surface area contributed by atoms with E-state index < -0.39 is 0 Å². The molecule has 0 aromatic heterocycles. The SMILES string of the molecule is CCOC(=O)C1CC1c1ccc(CO)c(Cl)c1. The summed E-state index contributed by atoms with van der Waals surface area (Å²) in [6, 6.07) is 5.55. The maximum atomic E-state index is 11.5. The Kier molecular flexibility index (Phi) is 3.69. The van der Waals surface area contributed by atoms with Gasteiger partial charge in [-0.1, -0.05) is 23.7 Å². The summed E-state index contributed by atoms with van der Waals surface area (Å²) in [5.74, 6) is 0.0742. The summed E-state index contributed by atoms with van der Waals surface area (Å²) in [5, 5.41) is 9.57. The van der Waals surface area contributed by atoms with Crippen LogP contribution in [0.5, 0.6) is 0 Å². The molecule has 0 aliphatic heterocycles. The number of carbonyl (C=O) groups excluding carboxylic acids is 1. The van der Waals surface area contributed by atoms with Gasteiger partial charge in [-0.2, -0.15) is 0 Å². The second-order valence-corrected chi connectivity index (χ2v) is 4.62. The fourth-order valence-electron chi connectivity index (χ4n) is 2.00. The third-order valence-electron chi connectivity index (χ3n) is 3.06. The Morgan fingerprint density at radius 1 is 1.59 bits per heavy atom. The van der Waals surface area contributed by atoms with E-state index >= 15 is 0 Å². The molecule has 4 heteroatoms. The molecule has 2 atom stereocenters. The number of hydrogen-bond donors (Lipinski definition) is 1. The minimum absolute atomic E-state index is 0.0222. The van der Waals surface area contributed by atoms with E-state index in [0.717, 1.165) is 12.0 Å². The number of esters is 1. The lowest BCUT2D eigenvalue weighted by Crippen LogP contribution is -2.07. The largest absolute Gasteiger partial charge is 0.466 e. The molecule has 1 N–H and O–H groups in total. The first-order chi connectivity index (χ1) is 8.17. The van der Waals surface area contributed by atoms with Gasteiger partial charge in [0.25, 0.3) is 0 Å². The fourth-order valence-corrected chi connectivity index (χ4v) is 2.24. The molecule has 1 aliphatic carbocycles. The fraction of sp³-hybridized carbons (Fsp3) is 0.462. The summed E-state index contributed by atoms with van der Waals surface area (Å²) in [6.07, 6.45) is 0.827. The molecule has 0 saturated heterocycles. The molecule has 2 rings (SSSR count). The van der Waals surface area contributed by atoms with Crippen LogP contribution in [-0.2, 0) is 16.1 Å². The second kappa shape index (κ2) is 5.07. The summed E-state index contributed by atoms with van der Waals surface area (Å²) in [4.78, 5) is 11.5. The summed E-state index contributed by atoms with van der Waals surface area (Å²) < 4.78 is 4.98.